The maximum atomic E-state index is 14.1. The van der Waals surface area contributed by atoms with Gasteiger partial charge in [0, 0.05) is 49.6 Å². The Morgan fingerprint density at radius 3 is 1.89 bits per heavy atom. The maximum absolute atomic E-state index is 14.1. The lowest BCUT2D eigenvalue weighted by molar-refractivity contribution is -0.384. The molecule has 1 fully saturated rings. The van der Waals surface area contributed by atoms with Gasteiger partial charge in [-0.05, 0) is 30.3 Å². The average molecular weight is 527 g/mol. The summed E-state index contributed by atoms with van der Waals surface area (Å²) in [5.41, 5.74) is -0.0278. The van der Waals surface area contributed by atoms with Crippen molar-refractivity contribution in [3.05, 3.63) is 92.3 Å². The van der Waals surface area contributed by atoms with Gasteiger partial charge in [-0.15, -0.1) is 0 Å². The fourth-order valence-corrected chi connectivity index (χ4v) is 4.12. The summed E-state index contributed by atoms with van der Waals surface area (Å²) in [5.74, 6) is -10.5. The number of carbonyl (C=O) groups is 1. The van der Waals surface area contributed by atoms with Crippen LogP contribution in [0.4, 0.5) is 44.7 Å². The summed E-state index contributed by atoms with van der Waals surface area (Å²) >= 11 is 6.37. The molecule has 1 aliphatic rings. The molecule has 3 aromatic carbocycles. The number of carbonyl (C=O) groups excluding carboxylic acids is 1. The van der Waals surface area contributed by atoms with E-state index in [9.17, 15) is 36.9 Å². The second-order valence-corrected chi connectivity index (χ2v) is 8.22. The van der Waals surface area contributed by atoms with Crippen molar-refractivity contribution in [1.82, 2.24) is 0 Å². The molecule has 1 amide bonds. The molecule has 1 saturated heterocycles. The minimum Gasteiger partial charge on any atom is -0.367 e. The van der Waals surface area contributed by atoms with Crippen LogP contribution >= 0.6 is 11.6 Å². The van der Waals surface area contributed by atoms with Crippen LogP contribution in [0.5, 0.6) is 0 Å². The largest absolute Gasteiger partial charge is 0.367 e. The van der Waals surface area contributed by atoms with Crippen molar-refractivity contribution in [2.24, 2.45) is 0 Å². The van der Waals surface area contributed by atoms with Crippen LogP contribution in [0.15, 0.2) is 42.5 Å². The average Bonchev–Trinajstić information content (AvgIpc) is 2.87. The highest BCUT2D eigenvalue weighted by atomic mass is 35.5. The summed E-state index contributed by atoms with van der Waals surface area (Å²) in [6.45, 7) is 0.280. The van der Waals surface area contributed by atoms with Crippen LogP contribution in [0.25, 0.3) is 0 Å². The van der Waals surface area contributed by atoms with E-state index in [0.717, 1.165) is 4.90 Å². The van der Waals surface area contributed by atoms with E-state index < -0.39 is 45.6 Å². The third-order valence-corrected chi connectivity index (χ3v) is 5.97. The van der Waals surface area contributed by atoms with Crippen molar-refractivity contribution in [3.63, 3.8) is 0 Å². The lowest BCUT2D eigenvalue weighted by Crippen LogP contribution is -2.47. The molecular weight excluding hydrogens is 511 g/mol. The molecule has 0 aromatic heterocycles. The molecule has 7 nitrogen and oxygen atoms in total. The molecule has 188 valence electrons. The van der Waals surface area contributed by atoms with Crippen molar-refractivity contribution in [1.29, 1.82) is 0 Å². The number of nitrogens with zero attached hydrogens (tertiary/aromatic N) is 3. The molecule has 0 spiro atoms. The van der Waals surface area contributed by atoms with Crippen LogP contribution in [0.2, 0.25) is 5.02 Å². The van der Waals surface area contributed by atoms with Gasteiger partial charge in [-0.3, -0.25) is 14.9 Å². The number of nitrogens with one attached hydrogen (secondary N) is 1. The Kier molecular flexibility index (Phi) is 6.97. The van der Waals surface area contributed by atoms with E-state index in [2.05, 4.69) is 5.32 Å². The summed E-state index contributed by atoms with van der Waals surface area (Å²) in [4.78, 5) is 25.4. The highest BCUT2D eigenvalue weighted by molar-refractivity contribution is 6.33. The molecule has 0 atom stereocenters. The molecule has 1 N–H and O–H groups in total. The topological polar surface area (TPSA) is 78.7 Å². The number of hydrogen-bond donors (Lipinski definition) is 1. The van der Waals surface area contributed by atoms with E-state index >= 15 is 0 Å². The van der Waals surface area contributed by atoms with Crippen molar-refractivity contribution in [2.45, 2.75) is 0 Å². The molecule has 0 unspecified atom stereocenters. The van der Waals surface area contributed by atoms with Crippen molar-refractivity contribution < 1.29 is 31.7 Å². The van der Waals surface area contributed by atoms with E-state index in [4.69, 9.17) is 11.6 Å². The molecule has 13 heteroatoms. The fourth-order valence-electron chi connectivity index (χ4n) is 3.82. The third kappa shape index (κ3) is 4.76. The molecule has 4 rings (SSSR count). The number of non-ortho nitro benzene ring substituents is 1. The van der Waals surface area contributed by atoms with Crippen LogP contribution in [-0.4, -0.2) is 37.0 Å². The molecule has 36 heavy (non-hydrogen) atoms. The minimum absolute atomic E-state index is 0.0344. The number of nitro groups is 1. The van der Waals surface area contributed by atoms with Crippen LogP contribution in [0.3, 0.4) is 0 Å². The maximum Gasteiger partial charge on any atom is 0.269 e. The molecule has 0 bridgehead atoms. The fraction of sp³-hybridized carbons (Fsp3) is 0.174. The summed E-state index contributed by atoms with van der Waals surface area (Å²) in [6.07, 6.45) is 0. The number of anilines is 3. The first-order valence-electron chi connectivity index (χ1n) is 10.4. The highest BCUT2D eigenvalue weighted by Gasteiger charge is 2.31. The van der Waals surface area contributed by atoms with Crippen LogP contribution in [0.1, 0.15) is 10.4 Å². The Hall–Kier alpha value is -3.93. The van der Waals surface area contributed by atoms with Gasteiger partial charge in [-0.1, -0.05) is 11.6 Å². The van der Waals surface area contributed by atoms with Gasteiger partial charge in [0.25, 0.3) is 11.6 Å². The van der Waals surface area contributed by atoms with E-state index in [1.807, 2.05) is 0 Å². The van der Waals surface area contributed by atoms with E-state index in [0.29, 0.717) is 11.4 Å². The quantitative estimate of drug-likeness (QED) is 0.156. The minimum atomic E-state index is -2.21. The molecule has 0 saturated carbocycles. The summed E-state index contributed by atoms with van der Waals surface area (Å²) in [5, 5.41) is 13.6. The number of amides is 1. The Morgan fingerprint density at radius 1 is 0.833 bits per heavy atom. The van der Waals surface area contributed by atoms with Gasteiger partial charge in [0.1, 0.15) is 5.69 Å². The van der Waals surface area contributed by atoms with Crippen LogP contribution in [-0.2, 0) is 0 Å². The van der Waals surface area contributed by atoms with Gasteiger partial charge in [0.15, 0.2) is 23.3 Å². The van der Waals surface area contributed by atoms with Gasteiger partial charge in [-0.25, -0.2) is 22.0 Å². The zero-order chi connectivity index (χ0) is 26.1. The monoisotopic (exact) mass is 526 g/mol. The van der Waals surface area contributed by atoms with E-state index in [1.54, 1.807) is 17.0 Å². The summed E-state index contributed by atoms with van der Waals surface area (Å²) < 4.78 is 68.7. The van der Waals surface area contributed by atoms with E-state index in [-0.39, 0.29) is 42.5 Å². The Balaban J connectivity index is 1.44. The first-order chi connectivity index (χ1) is 17.1. The smallest absolute Gasteiger partial charge is 0.269 e. The number of nitro benzene ring substituents is 1. The first kappa shape index (κ1) is 25.2. The zero-order valence-electron chi connectivity index (χ0n) is 18.2. The number of hydrogen-bond acceptors (Lipinski definition) is 5. The van der Waals surface area contributed by atoms with Gasteiger partial charge in [-0.2, -0.15) is 0 Å². The molecule has 1 heterocycles. The number of piperazine rings is 1. The normalized spacial score (nSPS) is 13.6. The lowest BCUT2D eigenvalue weighted by atomic mass is 10.1. The third-order valence-electron chi connectivity index (χ3n) is 5.67. The zero-order valence-corrected chi connectivity index (χ0v) is 19.0. The summed E-state index contributed by atoms with van der Waals surface area (Å²) in [7, 11) is 0. The number of benzene rings is 3. The van der Waals surface area contributed by atoms with Crippen LogP contribution in [0, 0.1) is 39.2 Å². The SMILES string of the molecule is O=C(Nc1ccc(N2CCN(c3c(F)c(F)c(F)c(F)c3F)CC2)c(Cl)c1)c1ccc([N+](=O)[O-])cc1. The Bertz CT molecular complexity index is 1320. The second kappa shape index (κ2) is 9.97. The van der Waals surface area contributed by atoms with Crippen LogP contribution < -0.4 is 15.1 Å². The van der Waals surface area contributed by atoms with Gasteiger partial charge in [0.05, 0.1) is 15.6 Å². The van der Waals surface area contributed by atoms with E-state index in [1.165, 1.54) is 30.3 Å². The first-order valence-corrected chi connectivity index (χ1v) is 10.8. The molecular formula is C23H16ClF5N4O3. The summed E-state index contributed by atoms with van der Waals surface area (Å²) in [6, 6.07) is 9.70. The van der Waals surface area contributed by atoms with Gasteiger partial charge in [0.2, 0.25) is 5.82 Å². The predicted octanol–water partition coefficient (Wildman–Crippen LogP) is 5.52. The predicted molar refractivity (Wildman–Crippen MR) is 123 cm³/mol. The second-order valence-electron chi connectivity index (χ2n) is 7.82. The Labute approximate surface area is 205 Å². The highest BCUT2D eigenvalue weighted by Crippen LogP contribution is 2.33. The molecule has 0 aliphatic carbocycles. The van der Waals surface area contributed by atoms with Crippen molar-refractivity contribution >= 4 is 40.3 Å². The van der Waals surface area contributed by atoms with Gasteiger partial charge >= 0.3 is 0 Å². The number of rotatable bonds is 5. The lowest BCUT2D eigenvalue weighted by Gasteiger charge is -2.38. The standard InChI is InChI=1S/C23H16ClF5N4O3/c24-15-11-13(30-23(34)12-1-4-14(5-2-12)33(35)36)3-6-16(15)31-7-9-32(10-8-31)22-20(28)18(26)17(25)19(27)21(22)29/h1-6,11H,7-10H2,(H,30,34). The van der Waals surface area contributed by atoms with Gasteiger partial charge < -0.3 is 15.1 Å². The molecule has 3 aromatic rings. The number of halogens is 6. The molecule has 0 radical (unpaired) electrons. The Morgan fingerprint density at radius 2 is 1.36 bits per heavy atom. The van der Waals surface area contributed by atoms with Crippen molar-refractivity contribution in [3.8, 4) is 0 Å². The van der Waals surface area contributed by atoms with Crippen molar-refractivity contribution in [2.75, 3.05) is 41.3 Å². The molecule has 1 aliphatic heterocycles.